The molecule has 0 unspecified atom stereocenters. The summed E-state index contributed by atoms with van der Waals surface area (Å²) in [6.45, 7) is 14.3. The van der Waals surface area contributed by atoms with Crippen LogP contribution in [0, 0.1) is 16.7 Å². The Labute approximate surface area is 155 Å². The van der Waals surface area contributed by atoms with Crippen LogP contribution >= 0.6 is 0 Å². The van der Waals surface area contributed by atoms with Gasteiger partial charge < -0.3 is 10.2 Å². The van der Waals surface area contributed by atoms with Gasteiger partial charge in [0.05, 0.1) is 5.60 Å². The van der Waals surface area contributed by atoms with Crippen LogP contribution in [0.3, 0.4) is 0 Å². The SMILES string of the molecule is C=CCCCCCCCC[C@@]1(O)[C@@](O)(CC=C)[C@H]2CC[C@]1(C)C2(C)C. The molecule has 0 aromatic carbocycles. The molecule has 2 aliphatic carbocycles. The third-order valence-electron chi connectivity index (χ3n) is 8.08. The van der Waals surface area contributed by atoms with Crippen molar-refractivity contribution in [2.45, 2.75) is 103 Å². The van der Waals surface area contributed by atoms with Crippen molar-refractivity contribution in [3.63, 3.8) is 0 Å². The summed E-state index contributed by atoms with van der Waals surface area (Å²) >= 11 is 0. The highest BCUT2D eigenvalue weighted by molar-refractivity contribution is 5.29. The number of unbranched alkanes of at least 4 members (excludes halogenated alkanes) is 6. The molecule has 0 radical (unpaired) electrons. The molecule has 0 aliphatic heterocycles. The molecule has 144 valence electrons. The number of hydrogen-bond donors (Lipinski definition) is 2. The minimum absolute atomic E-state index is 0.0375. The van der Waals surface area contributed by atoms with E-state index in [0.717, 1.165) is 32.1 Å². The number of aliphatic hydroxyl groups is 2. The zero-order chi connectivity index (χ0) is 18.8. The van der Waals surface area contributed by atoms with Crippen molar-refractivity contribution in [2.24, 2.45) is 16.7 Å². The summed E-state index contributed by atoms with van der Waals surface area (Å²) in [5, 5.41) is 23.4. The molecule has 4 atom stereocenters. The average Bonchev–Trinajstić information content (AvgIpc) is 2.84. The van der Waals surface area contributed by atoms with E-state index in [1.54, 1.807) is 6.08 Å². The number of allylic oxidation sites excluding steroid dienone is 1. The number of rotatable bonds is 11. The van der Waals surface area contributed by atoms with Crippen LogP contribution in [0.5, 0.6) is 0 Å². The Hall–Kier alpha value is -0.600. The molecule has 0 aromatic rings. The Morgan fingerprint density at radius 1 is 0.920 bits per heavy atom. The molecule has 0 amide bonds. The summed E-state index contributed by atoms with van der Waals surface area (Å²) in [5.74, 6) is 0.159. The Kier molecular flexibility index (Phi) is 6.27. The smallest absolute Gasteiger partial charge is 0.101 e. The van der Waals surface area contributed by atoms with E-state index in [4.69, 9.17) is 0 Å². The van der Waals surface area contributed by atoms with Gasteiger partial charge in [0.25, 0.3) is 0 Å². The van der Waals surface area contributed by atoms with Crippen LogP contribution in [0.25, 0.3) is 0 Å². The predicted molar refractivity (Wildman–Crippen MR) is 106 cm³/mol. The second kappa shape index (κ2) is 7.56. The molecular weight excluding hydrogens is 308 g/mol. The van der Waals surface area contributed by atoms with E-state index < -0.39 is 11.2 Å². The standard InChI is InChI=1S/C23H40O2/c1-6-8-9-10-11-12-13-14-17-23(25)21(5)18-15-19(20(21,3)4)22(23,24)16-7-2/h6-7,19,24-25H,1-2,8-18H2,3-5H3/t19-,21+,22+,23-/m0/s1. The van der Waals surface area contributed by atoms with Gasteiger partial charge in [0.15, 0.2) is 0 Å². The molecule has 0 aromatic heterocycles. The molecule has 2 bridgehead atoms. The maximum atomic E-state index is 11.8. The molecular formula is C23H40O2. The summed E-state index contributed by atoms with van der Waals surface area (Å²) < 4.78 is 0. The highest BCUT2D eigenvalue weighted by Gasteiger charge is 2.78. The van der Waals surface area contributed by atoms with E-state index >= 15 is 0 Å². The number of fused-ring (bicyclic) bond motifs is 2. The lowest BCUT2D eigenvalue weighted by molar-refractivity contribution is -0.209. The van der Waals surface area contributed by atoms with Crippen LogP contribution in [0.2, 0.25) is 0 Å². The van der Waals surface area contributed by atoms with Crippen molar-refractivity contribution in [3.8, 4) is 0 Å². The summed E-state index contributed by atoms with van der Waals surface area (Å²) in [6, 6.07) is 0. The zero-order valence-electron chi connectivity index (χ0n) is 16.8. The van der Waals surface area contributed by atoms with E-state index in [9.17, 15) is 10.2 Å². The van der Waals surface area contributed by atoms with Gasteiger partial charge in [-0.1, -0.05) is 65.0 Å². The first-order valence-corrected chi connectivity index (χ1v) is 10.4. The van der Waals surface area contributed by atoms with Crippen molar-refractivity contribution in [2.75, 3.05) is 0 Å². The molecule has 0 saturated heterocycles. The van der Waals surface area contributed by atoms with E-state index in [-0.39, 0.29) is 16.7 Å². The maximum Gasteiger partial charge on any atom is 0.101 e. The first-order valence-electron chi connectivity index (χ1n) is 10.4. The zero-order valence-corrected chi connectivity index (χ0v) is 16.8. The van der Waals surface area contributed by atoms with E-state index in [1.807, 2.05) is 6.08 Å². The topological polar surface area (TPSA) is 40.5 Å². The molecule has 2 nitrogen and oxygen atoms in total. The molecule has 2 saturated carbocycles. The van der Waals surface area contributed by atoms with Crippen LogP contribution < -0.4 is 0 Å². The fraction of sp³-hybridized carbons (Fsp3) is 0.826. The Morgan fingerprint density at radius 2 is 1.52 bits per heavy atom. The van der Waals surface area contributed by atoms with Gasteiger partial charge in [-0.3, -0.25) is 0 Å². The fourth-order valence-electron chi connectivity index (χ4n) is 6.24. The van der Waals surface area contributed by atoms with Gasteiger partial charge in [-0.15, -0.1) is 13.2 Å². The van der Waals surface area contributed by atoms with Gasteiger partial charge in [0.2, 0.25) is 0 Å². The van der Waals surface area contributed by atoms with Gasteiger partial charge in [-0.25, -0.2) is 0 Å². The van der Waals surface area contributed by atoms with Crippen LogP contribution in [0.1, 0.15) is 91.4 Å². The molecule has 2 heteroatoms. The van der Waals surface area contributed by atoms with Crippen LogP contribution in [0.4, 0.5) is 0 Å². The van der Waals surface area contributed by atoms with Gasteiger partial charge >= 0.3 is 0 Å². The van der Waals surface area contributed by atoms with Crippen LogP contribution in [0.15, 0.2) is 25.3 Å². The first kappa shape index (κ1) is 20.7. The Morgan fingerprint density at radius 3 is 2.12 bits per heavy atom. The largest absolute Gasteiger partial charge is 0.386 e. The molecule has 2 aliphatic rings. The van der Waals surface area contributed by atoms with E-state index in [2.05, 4.69) is 33.9 Å². The molecule has 2 N–H and O–H groups in total. The van der Waals surface area contributed by atoms with Crippen LogP contribution in [-0.4, -0.2) is 21.4 Å². The van der Waals surface area contributed by atoms with Crippen molar-refractivity contribution >= 4 is 0 Å². The lowest BCUT2D eigenvalue weighted by atomic mass is 9.60. The second-order valence-electron chi connectivity index (χ2n) is 9.37. The van der Waals surface area contributed by atoms with Crippen molar-refractivity contribution < 1.29 is 10.2 Å². The fourth-order valence-corrected chi connectivity index (χ4v) is 6.24. The van der Waals surface area contributed by atoms with Gasteiger partial charge in [-0.2, -0.15) is 0 Å². The summed E-state index contributed by atoms with van der Waals surface area (Å²) in [7, 11) is 0. The quantitative estimate of drug-likeness (QED) is 0.366. The first-order chi connectivity index (χ1) is 11.7. The Bertz CT molecular complexity index is 482. The Balaban J connectivity index is 1.99. The highest BCUT2D eigenvalue weighted by atomic mass is 16.4. The van der Waals surface area contributed by atoms with Gasteiger partial charge in [0, 0.05) is 5.41 Å². The lowest BCUT2D eigenvalue weighted by Gasteiger charge is -2.51. The monoisotopic (exact) mass is 348 g/mol. The second-order valence-corrected chi connectivity index (χ2v) is 9.37. The number of hydrogen-bond acceptors (Lipinski definition) is 2. The molecule has 0 spiro atoms. The van der Waals surface area contributed by atoms with Crippen LogP contribution in [-0.2, 0) is 0 Å². The molecule has 2 rings (SSSR count). The summed E-state index contributed by atoms with van der Waals surface area (Å²) in [6.07, 6.45) is 15.3. The van der Waals surface area contributed by atoms with Gasteiger partial charge in [0.1, 0.15) is 5.60 Å². The van der Waals surface area contributed by atoms with Crippen molar-refractivity contribution in [1.82, 2.24) is 0 Å². The summed E-state index contributed by atoms with van der Waals surface area (Å²) in [5.41, 5.74) is -2.27. The molecule has 25 heavy (non-hydrogen) atoms. The average molecular weight is 349 g/mol. The maximum absolute atomic E-state index is 11.8. The van der Waals surface area contributed by atoms with Crippen molar-refractivity contribution in [1.29, 1.82) is 0 Å². The normalized spacial score (nSPS) is 38.8. The minimum atomic E-state index is -1.02. The highest BCUT2D eigenvalue weighted by Crippen LogP contribution is 2.74. The third-order valence-corrected chi connectivity index (χ3v) is 8.08. The predicted octanol–water partition coefficient (Wildman–Crippen LogP) is 5.79. The van der Waals surface area contributed by atoms with Gasteiger partial charge in [-0.05, 0) is 49.9 Å². The lowest BCUT2D eigenvalue weighted by Crippen LogP contribution is -2.61. The third kappa shape index (κ3) is 3.04. The minimum Gasteiger partial charge on any atom is -0.386 e. The summed E-state index contributed by atoms with van der Waals surface area (Å²) in [4.78, 5) is 0. The molecule has 0 heterocycles. The van der Waals surface area contributed by atoms with E-state index in [1.165, 1.54) is 25.7 Å². The van der Waals surface area contributed by atoms with Crippen molar-refractivity contribution in [3.05, 3.63) is 25.3 Å². The van der Waals surface area contributed by atoms with E-state index in [0.29, 0.717) is 12.8 Å². The molecule has 2 fully saturated rings.